The van der Waals surface area contributed by atoms with E-state index in [4.69, 9.17) is 14.3 Å². The summed E-state index contributed by atoms with van der Waals surface area (Å²) in [7, 11) is 0. The number of carbonyl (C=O) groups excluding carboxylic acids is 2. The predicted octanol–water partition coefficient (Wildman–Crippen LogP) is 3.88. The van der Waals surface area contributed by atoms with Crippen LogP contribution in [0.5, 0.6) is 5.75 Å². The molecule has 0 saturated carbocycles. The van der Waals surface area contributed by atoms with Crippen LogP contribution in [0, 0.1) is 0 Å². The van der Waals surface area contributed by atoms with Gasteiger partial charge in [0.15, 0.2) is 11.9 Å². The molecule has 1 N–H and O–H groups in total. The van der Waals surface area contributed by atoms with Crippen LogP contribution in [0.15, 0.2) is 54.6 Å². The lowest BCUT2D eigenvalue weighted by atomic mass is 9.85. The normalized spacial score (nSPS) is 22.0. The summed E-state index contributed by atoms with van der Waals surface area (Å²) in [4.78, 5) is 33.1. The summed E-state index contributed by atoms with van der Waals surface area (Å²) in [6, 6.07) is 15.9. The van der Waals surface area contributed by atoms with Gasteiger partial charge in [-0.15, -0.1) is 0 Å². The molecule has 2 fully saturated rings. The van der Waals surface area contributed by atoms with Crippen LogP contribution >= 0.6 is 0 Å². The molecule has 3 aliphatic rings. The second-order valence-electron chi connectivity index (χ2n) is 9.16. The van der Waals surface area contributed by atoms with Crippen molar-refractivity contribution < 1.29 is 23.9 Å². The molecule has 1 spiro atoms. The molecule has 1 amide bonds. The van der Waals surface area contributed by atoms with Gasteiger partial charge in [-0.3, -0.25) is 14.5 Å². The first kappa shape index (κ1) is 22.8. The maximum Gasteiger partial charge on any atom is 0.267 e. The highest BCUT2D eigenvalue weighted by Gasteiger charge is 2.49. The molecule has 3 heterocycles. The number of carbonyl (C=O) groups is 2. The fourth-order valence-corrected chi connectivity index (χ4v) is 4.80. The van der Waals surface area contributed by atoms with Gasteiger partial charge >= 0.3 is 0 Å². The maximum atomic E-state index is 13.3. The van der Waals surface area contributed by atoms with Crippen LogP contribution in [0.25, 0.3) is 6.08 Å². The Bertz CT molecular complexity index is 1050. The number of hydrogen-bond acceptors (Lipinski definition) is 6. The lowest BCUT2D eigenvalue weighted by molar-refractivity contribution is -0.198. The van der Waals surface area contributed by atoms with Gasteiger partial charge in [0.1, 0.15) is 5.75 Å². The molecule has 2 aromatic carbocycles. The van der Waals surface area contributed by atoms with E-state index < -0.39 is 11.9 Å². The summed E-state index contributed by atoms with van der Waals surface area (Å²) < 4.78 is 11.6. The summed E-state index contributed by atoms with van der Waals surface area (Å²) in [6.07, 6.45) is 6.81. The number of ether oxygens (including phenoxy) is 2. The van der Waals surface area contributed by atoms with E-state index in [-0.39, 0.29) is 11.7 Å². The number of nitrogens with zero attached hydrogens (tertiary/aromatic N) is 1. The molecule has 0 aromatic heterocycles. The Hall–Kier alpha value is -3.00. The van der Waals surface area contributed by atoms with E-state index in [1.54, 1.807) is 12.1 Å². The molecule has 0 radical (unpaired) electrons. The molecule has 7 heteroatoms. The number of likely N-dealkylation sites (tertiary alicyclic amines) is 1. The number of ketones is 1. The fraction of sp³-hybridized carbons (Fsp3) is 0.407. The number of piperidine rings is 1. The van der Waals surface area contributed by atoms with Crippen LogP contribution in [0.4, 0.5) is 0 Å². The van der Waals surface area contributed by atoms with Crippen LogP contribution in [0.3, 0.4) is 0 Å². The Morgan fingerprint density at radius 2 is 1.97 bits per heavy atom. The van der Waals surface area contributed by atoms with Crippen LogP contribution in [-0.2, 0) is 20.9 Å². The third-order valence-electron chi connectivity index (χ3n) is 6.74. The average Bonchev–Trinajstić information content (AvgIpc) is 3.15. The molecule has 0 bridgehead atoms. The predicted molar refractivity (Wildman–Crippen MR) is 127 cm³/mol. The first-order chi connectivity index (χ1) is 16.6. The molecule has 2 aromatic rings. The third kappa shape index (κ3) is 5.06. The molecule has 7 nitrogen and oxygen atoms in total. The molecular formula is C27H30N2O5. The van der Waals surface area contributed by atoms with E-state index in [0.29, 0.717) is 30.8 Å². The van der Waals surface area contributed by atoms with Gasteiger partial charge in [0, 0.05) is 51.6 Å². The summed E-state index contributed by atoms with van der Waals surface area (Å²) in [6.45, 7) is 3.15. The number of fused-ring (bicyclic) bond motifs is 1. The zero-order valence-corrected chi connectivity index (χ0v) is 19.2. The van der Waals surface area contributed by atoms with Gasteiger partial charge in [0.25, 0.3) is 5.91 Å². The first-order valence-electron chi connectivity index (χ1n) is 12.0. The van der Waals surface area contributed by atoms with Gasteiger partial charge in [-0.05, 0) is 42.2 Å². The Morgan fingerprint density at radius 3 is 2.74 bits per heavy atom. The summed E-state index contributed by atoms with van der Waals surface area (Å²) in [5.41, 5.74) is 4.26. The lowest BCUT2D eigenvalue weighted by Crippen LogP contribution is -2.50. The number of Topliss-reactive ketones (excluding diaryl/α,β-unsaturated/α-hetero) is 1. The molecule has 2 saturated heterocycles. The number of hydrogen-bond donors (Lipinski definition) is 1. The van der Waals surface area contributed by atoms with Gasteiger partial charge in [0.2, 0.25) is 5.78 Å². The second kappa shape index (κ2) is 10.1. The molecule has 178 valence electrons. The van der Waals surface area contributed by atoms with Gasteiger partial charge in [0.05, 0.1) is 5.56 Å². The van der Waals surface area contributed by atoms with Crippen LogP contribution in [0.2, 0.25) is 0 Å². The molecule has 5 rings (SSSR count). The van der Waals surface area contributed by atoms with Crippen molar-refractivity contribution in [1.29, 1.82) is 0 Å². The van der Waals surface area contributed by atoms with Crippen molar-refractivity contribution >= 4 is 17.8 Å². The second-order valence-corrected chi connectivity index (χ2v) is 9.16. The van der Waals surface area contributed by atoms with Crippen molar-refractivity contribution in [3.05, 3.63) is 71.3 Å². The zero-order valence-electron chi connectivity index (χ0n) is 19.2. The average molecular weight is 463 g/mol. The molecule has 34 heavy (non-hydrogen) atoms. The Morgan fingerprint density at radius 1 is 1.15 bits per heavy atom. The highest BCUT2D eigenvalue weighted by Crippen LogP contribution is 2.41. The van der Waals surface area contributed by atoms with Gasteiger partial charge in [-0.25, -0.2) is 10.3 Å². The molecule has 3 aliphatic heterocycles. The van der Waals surface area contributed by atoms with E-state index in [2.05, 4.69) is 34.6 Å². The first-order valence-corrected chi connectivity index (χ1v) is 12.0. The Labute approximate surface area is 199 Å². The zero-order chi connectivity index (χ0) is 23.4. The number of benzene rings is 2. The monoisotopic (exact) mass is 462 g/mol. The van der Waals surface area contributed by atoms with Crippen molar-refractivity contribution in [2.75, 3.05) is 19.7 Å². The number of hydroxylamine groups is 1. The minimum atomic E-state index is -0.775. The van der Waals surface area contributed by atoms with Crippen molar-refractivity contribution in [3.63, 3.8) is 0 Å². The highest BCUT2D eigenvalue weighted by atomic mass is 16.8. The van der Waals surface area contributed by atoms with Gasteiger partial charge in [-0.2, -0.15) is 0 Å². The smallest absolute Gasteiger partial charge is 0.267 e. The largest absolute Gasteiger partial charge is 0.478 e. The minimum Gasteiger partial charge on any atom is -0.478 e. The number of nitrogens with one attached hydrogen (secondary N) is 1. The summed E-state index contributed by atoms with van der Waals surface area (Å²) in [5, 5.41) is 0. The quantitative estimate of drug-likeness (QED) is 0.519. The van der Waals surface area contributed by atoms with E-state index >= 15 is 0 Å². The standard InChI is InChI=1S/C27H30N2O5/c30-24(28-34-25-8-4-5-17-32-25)12-10-20-9-11-23-22(18-20)26(31)27(33-23)13-15-29(16-14-27)19-21-6-2-1-3-7-21/h1-3,6-7,9-12,18,25H,4-5,8,13-17,19H2,(H,28,30)/b12-10+. The van der Waals surface area contributed by atoms with E-state index in [9.17, 15) is 9.59 Å². The Kier molecular flexibility index (Phi) is 6.76. The van der Waals surface area contributed by atoms with Crippen molar-refractivity contribution in [2.45, 2.75) is 50.5 Å². The number of rotatable bonds is 6. The van der Waals surface area contributed by atoms with E-state index in [0.717, 1.165) is 44.5 Å². The van der Waals surface area contributed by atoms with E-state index in [1.165, 1.54) is 11.6 Å². The molecule has 0 aliphatic carbocycles. The fourth-order valence-electron chi connectivity index (χ4n) is 4.80. The van der Waals surface area contributed by atoms with Gasteiger partial charge in [-0.1, -0.05) is 36.4 Å². The maximum absolute atomic E-state index is 13.3. The Balaban J connectivity index is 1.17. The summed E-state index contributed by atoms with van der Waals surface area (Å²) >= 11 is 0. The van der Waals surface area contributed by atoms with Gasteiger partial charge < -0.3 is 9.47 Å². The van der Waals surface area contributed by atoms with Crippen molar-refractivity contribution in [2.24, 2.45) is 0 Å². The van der Waals surface area contributed by atoms with Crippen LogP contribution in [-0.4, -0.2) is 48.2 Å². The van der Waals surface area contributed by atoms with Crippen molar-refractivity contribution in [3.8, 4) is 5.75 Å². The van der Waals surface area contributed by atoms with Crippen molar-refractivity contribution in [1.82, 2.24) is 10.4 Å². The minimum absolute atomic E-state index is 0.0411. The summed E-state index contributed by atoms with van der Waals surface area (Å²) in [5.74, 6) is 0.291. The van der Waals surface area contributed by atoms with Crippen LogP contribution in [0.1, 0.15) is 53.6 Å². The lowest BCUT2D eigenvalue weighted by Gasteiger charge is -2.37. The van der Waals surface area contributed by atoms with E-state index in [1.807, 2.05) is 18.2 Å². The molecule has 1 unspecified atom stereocenters. The highest BCUT2D eigenvalue weighted by molar-refractivity contribution is 6.08. The SMILES string of the molecule is O=C(/C=C/c1ccc2c(c1)C(=O)C1(CCN(Cc3ccccc3)CC1)O2)NOC1CCCCO1. The van der Waals surface area contributed by atoms with Crippen LogP contribution < -0.4 is 10.2 Å². The third-order valence-corrected chi connectivity index (χ3v) is 6.74. The molecular weight excluding hydrogens is 432 g/mol. The topological polar surface area (TPSA) is 77.1 Å². The molecule has 1 atom stereocenters. The number of amides is 1.